The van der Waals surface area contributed by atoms with Crippen LogP contribution in [0.3, 0.4) is 0 Å². The fourth-order valence-corrected chi connectivity index (χ4v) is 3.80. The molecule has 3 rings (SSSR count). The monoisotopic (exact) mass is 387 g/mol. The van der Waals surface area contributed by atoms with Gasteiger partial charge in [0, 0.05) is 25.2 Å². The zero-order chi connectivity index (χ0) is 19.6. The van der Waals surface area contributed by atoms with Crippen LogP contribution in [0.5, 0.6) is 5.75 Å². The number of nitrogens with one attached hydrogen (secondary N) is 1. The van der Waals surface area contributed by atoms with Gasteiger partial charge in [0.05, 0.1) is 19.3 Å². The van der Waals surface area contributed by atoms with Gasteiger partial charge in [-0.3, -0.25) is 9.10 Å². The molecule has 0 saturated heterocycles. The first-order valence-electron chi connectivity index (χ1n) is 8.28. The summed E-state index contributed by atoms with van der Waals surface area (Å²) in [5.74, 6) is 0.615. The third kappa shape index (κ3) is 3.81. The molecule has 7 nitrogen and oxygen atoms in total. The van der Waals surface area contributed by atoms with E-state index in [9.17, 15) is 13.2 Å². The fourth-order valence-electron chi connectivity index (χ4n) is 2.72. The van der Waals surface area contributed by atoms with E-state index in [1.54, 1.807) is 36.4 Å². The summed E-state index contributed by atoms with van der Waals surface area (Å²) in [4.78, 5) is 15.3. The average Bonchev–Trinajstić information content (AvgIpc) is 2.66. The van der Waals surface area contributed by atoms with Gasteiger partial charge in [-0.1, -0.05) is 18.2 Å². The number of ether oxygens (including phenoxy) is 1. The first kappa shape index (κ1) is 18.9. The van der Waals surface area contributed by atoms with Crippen molar-refractivity contribution in [3.63, 3.8) is 0 Å². The van der Waals surface area contributed by atoms with E-state index in [4.69, 9.17) is 4.74 Å². The van der Waals surface area contributed by atoms with Crippen LogP contribution in [0.15, 0.2) is 59.4 Å². The minimum atomic E-state index is -3.81. The van der Waals surface area contributed by atoms with Crippen molar-refractivity contribution in [2.45, 2.75) is 6.54 Å². The number of aromatic nitrogens is 1. The Balaban J connectivity index is 2.08. The number of fused-ring (bicyclic) bond motifs is 1. The van der Waals surface area contributed by atoms with Crippen LogP contribution in [-0.4, -0.2) is 38.9 Å². The minimum Gasteiger partial charge on any atom is -0.497 e. The molecule has 0 saturated carbocycles. The van der Waals surface area contributed by atoms with E-state index < -0.39 is 10.2 Å². The van der Waals surface area contributed by atoms with Gasteiger partial charge in [0.25, 0.3) is 5.56 Å². The van der Waals surface area contributed by atoms with Crippen molar-refractivity contribution in [2.75, 3.05) is 25.5 Å². The van der Waals surface area contributed by atoms with Crippen LogP contribution in [-0.2, 0) is 16.8 Å². The van der Waals surface area contributed by atoms with E-state index in [0.717, 1.165) is 9.69 Å². The van der Waals surface area contributed by atoms with Crippen molar-refractivity contribution in [1.82, 2.24) is 9.29 Å². The number of aromatic amines is 1. The normalized spacial score (nSPS) is 11.7. The van der Waals surface area contributed by atoms with Crippen molar-refractivity contribution in [3.05, 3.63) is 70.5 Å². The molecule has 0 spiro atoms. The second-order valence-electron chi connectivity index (χ2n) is 6.21. The summed E-state index contributed by atoms with van der Waals surface area (Å²) >= 11 is 0. The van der Waals surface area contributed by atoms with E-state index in [-0.39, 0.29) is 12.1 Å². The number of H-pyrrole nitrogens is 1. The van der Waals surface area contributed by atoms with Crippen LogP contribution in [0.25, 0.3) is 10.9 Å². The maximum Gasteiger partial charge on any atom is 0.303 e. The highest BCUT2D eigenvalue weighted by molar-refractivity contribution is 7.90. The molecule has 0 unspecified atom stereocenters. The predicted molar refractivity (Wildman–Crippen MR) is 106 cm³/mol. The standard InChI is InChI=1S/C19H21N3O4S/c1-21(2)27(24,25)22(16-8-10-17(26-3)11-9-16)13-15-12-14-6-4-5-7-18(14)20-19(15)23/h4-12H,13H2,1-3H3,(H,20,23). The predicted octanol–water partition coefficient (Wildman–Crippen LogP) is 2.35. The second kappa shape index (κ2) is 7.42. The van der Waals surface area contributed by atoms with Gasteiger partial charge in [0.1, 0.15) is 5.75 Å². The summed E-state index contributed by atoms with van der Waals surface area (Å²) in [5, 5.41) is 0.837. The molecular weight excluding hydrogens is 366 g/mol. The van der Waals surface area contributed by atoms with E-state index in [2.05, 4.69) is 4.98 Å². The quantitative estimate of drug-likeness (QED) is 0.704. The summed E-state index contributed by atoms with van der Waals surface area (Å²) in [6.45, 7) is -0.0903. The SMILES string of the molecule is COc1ccc(N(Cc2cc3ccccc3[nH]c2=O)S(=O)(=O)N(C)C)cc1. The molecule has 0 bridgehead atoms. The lowest BCUT2D eigenvalue weighted by molar-refractivity contribution is 0.415. The lowest BCUT2D eigenvalue weighted by atomic mass is 10.1. The largest absolute Gasteiger partial charge is 0.497 e. The second-order valence-corrected chi connectivity index (χ2v) is 8.27. The molecule has 0 aliphatic heterocycles. The molecule has 0 amide bonds. The van der Waals surface area contributed by atoms with E-state index in [1.165, 1.54) is 25.5 Å². The van der Waals surface area contributed by atoms with Gasteiger partial charge in [-0.15, -0.1) is 0 Å². The molecule has 2 aromatic carbocycles. The molecule has 27 heavy (non-hydrogen) atoms. The lowest BCUT2D eigenvalue weighted by Crippen LogP contribution is -2.40. The highest BCUT2D eigenvalue weighted by Crippen LogP contribution is 2.25. The van der Waals surface area contributed by atoms with E-state index in [0.29, 0.717) is 22.5 Å². The molecular formula is C19H21N3O4S. The fraction of sp³-hybridized carbons (Fsp3) is 0.211. The van der Waals surface area contributed by atoms with Crippen LogP contribution < -0.4 is 14.6 Å². The highest BCUT2D eigenvalue weighted by atomic mass is 32.2. The van der Waals surface area contributed by atoms with Crippen molar-refractivity contribution in [1.29, 1.82) is 0 Å². The van der Waals surface area contributed by atoms with Crippen LogP contribution in [0.1, 0.15) is 5.56 Å². The molecule has 1 aromatic heterocycles. The van der Waals surface area contributed by atoms with Gasteiger partial charge < -0.3 is 9.72 Å². The number of pyridine rings is 1. The summed E-state index contributed by atoms with van der Waals surface area (Å²) < 4.78 is 33.2. The Labute approximate surface area is 158 Å². The molecule has 8 heteroatoms. The third-order valence-corrected chi connectivity index (χ3v) is 6.06. The Morgan fingerprint density at radius 3 is 2.33 bits per heavy atom. The molecule has 1 heterocycles. The number of benzene rings is 2. The number of rotatable bonds is 6. The van der Waals surface area contributed by atoms with Crippen molar-refractivity contribution in [2.24, 2.45) is 0 Å². The number of para-hydroxylation sites is 1. The Hall–Kier alpha value is -2.84. The van der Waals surface area contributed by atoms with Crippen LogP contribution in [0, 0.1) is 0 Å². The lowest BCUT2D eigenvalue weighted by Gasteiger charge is -2.27. The molecule has 1 N–H and O–H groups in total. The first-order valence-corrected chi connectivity index (χ1v) is 9.68. The van der Waals surface area contributed by atoms with Crippen LogP contribution in [0.2, 0.25) is 0 Å². The number of methoxy groups -OCH3 is 1. The van der Waals surface area contributed by atoms with Crippen molar-refractivity contribution >= 4 is 26.8 Å². The number of anilines is 1. The van der Waals surface area contributed by atoms with Crippen molar-refractivity contribution in [3.8, 4) is 5.75 Å². The minimum absolute atomic E-state index is 0.0903. The average molecular weight is 387 g/mol. The number of nitrogens with zero attached hydrogens (tertiary/aromatic N) is 2. The van der Waals surface area contributed by atoms with Gasteiger partial charge >= 0.3 is 10.2 Å². The molecule has 0 aliphatic carbocycles. The molecule has 0 radical (unpaired) electrons. The molecule has 3 aromatic rings. The topological polar surface area (TPSA) is 82.7 Å². The van der Waals surface area contributed by atoms with Crippen molar-refractivity contribution < 1.29 is 13.2 Å². The number of hydrogen-bond donors (Lipinski definition) is 1. The molecule has 0 fully saturated rings. The summed E-state index contributed by atoms with van der Waals surface area (Å²) in [6, 6.07) is 15.7. The Morgan fingerprint density at radius 2 is 1.70 bits per heavy atom. The van der Waals surface area contributed by atoms with E-state index >= 15 is 0 Å². The zero-order valence-electron chi connectivity index (χ0n) is 15.3. The summed E-state index contributed by atoms with van der Waals surface area (Å²) in [7, 11) is 0.643. The Morgan fingerprint density at radius 1 is 1.04 bits per heavy atom. The smallest absolute Gasteiger partial charge is 0.303 e. The highest BCUT2D eigenvalue weighted by Gasteiger charge is 2.26. The van der Waals surface area contributed by atoms with Gasteiger partial charge in [-0.2, -0.15) is 12.7 Å². The molecule has 142 valence electrons. The summed E-state index contributed by atoms with van der Waals surface area (Å²) in [5.41, 5.74) is 1.19. The van der Waals surface area contributed by atoms with E-state index in [1.807, 2.05) is 18.2 Å². The summed E-state index contributed by atoms with van der Waals surface area (Å²) in [6.07, 6.45) is 0. The molecule has 0 atom stereocenters. The van der Waals surface area contributed by atoms with Crippen LogP contribution in [0.4, 0.5) is 5.69 Å². The zero-order valence-corrected chi connectivity index (χ0v) is 16.2. The Bertz CT molecular complexity index is 1110. The van der Waals surface area contributed by atoms with Gasteiger partial charge in [-0.05, 0) is 41.8 Å². The van der Waals surface area contributed by atoms with Crippen LogP contribution >= 0.6 is 0 Å². The maximum absolute atomic E-state index is 12.9. The Kier molecular flexibility index (Phi) is 5.20. The maximum atomic E-state index is 12.9. The third-order valence-electron chi connectivity index (χ3n) is 4.24. The van der Waals surface area contributed by atoms with Gasteiger partial charge in [-0.25, -0.2) is 0 Å². The first-order chi connectivity index (χ1) is 12.8. The van der Waals surface area contributed by atoms with Gasteiger partial charge in [0.15, 0.2) is 0 Å². The molecule has 0 aliphatic rings. The number of hydrogen-bond acceptors (Lipinski definition) is 4. The van der Waals surface area contributed by atoms with Gasteiger partial charge in [0.2, 0.25) is 0 Å².